The van der Waals surface area contributed by atoms with Gasteiger partial charge in [-0.15, -0.1) is 0 Å². The van der Waals surface area contributed by atoms with E-state index in [9.17, 15) is 13.9 Å². The molecule has 2 atom stereocenters. The maximum atomic E-state index is 12.1. The highest BCUT2D eigenvalue weighted by Gasteiger charge is 2.16. The highest BCUT2D eigenvalue weighted by atomic mass is 19.3. The highest BCUT2D eigenvalue weighted by Crippen LogP contribution is 2.26. The molecule has 0 bridgehead atoms. The third kappa shape index (κ3) is 4.72. The molecule has 0 aliphatic carbocycles. The van der Waals surface area contributed by atoms with Crippen molar-refractivity contribution in [3.05, 3.63) is 29.8 Å². The molecular formula is C15H20F2O3. The number of hydrogen-bond donors (Lipinski definition) is 1. The first-order chi connectivity index (χ1) is 9.65. The van der Waals surface area contributed by atoms with Gasteiger partial charge in [-0.1, -0.05) is 12.1 Å². The van der Waals surface area contributed by atoms with Gasteiger partial charge in [-0.05, 0) is 49.8 Å². The third-order valence-electron chi connectivity index (χ3n) is 3.50. The van der Waals surface area contributed by atoms with Gasteiger partial charge in [0, 0.05) is 6.61 Å². The largest absolute Gasteiger partial charge is 0.435 e. The quantitative estimate of drug-likeness (QED) is 0.831. The molecule has 1 aliphatic rings. The molecule has 1 N–H and O–H groups in total. The number of halogens is 2. The van der Waals surface area contributed by atoms with E-state index in [4.69, 9.17) is 4.74 Å². The van der Waals surface area contributed by atoms with Crippen molar-refractivity contribution in [3.8, 4) is 5.75 Å². The van der Waals surface area contributed by atoms with Crippen LogP contribution in [0.3, 0.4) is 0 Å². The van der Waals surface area contributed by atoms with Gasteiger partial charge in [0.15, 0.2) is 0 Å². The van der Waals surface area contributed by atoms with Crippen molar-refractivity contribution in [2.24, 2.45) is 0 Å². The molecule has 0 radical (unpaired) electrons. The Hall–Kier alpha value is -1.20. The number of aliphatic hydroxyl groups is 1. The van der Waals surface area contributed by atoms with Gasteiger partial charge in [-0.2, -0.15) is 8.78 Å². The molecule has 112 valence electrons. The van der Waals surface area contributed by atoms with Gasteiger partial charge in [0.2, 0.25) is 0 Å². The topological polar surface area (TPSA) is 38.7 Å². The van der Waals surface area contributed by atoms with Crippen LogP contribution in [0, 0.1) is 0 Å². The minimum absolute atomic E-state index is 0.0793. The summed E-state index contributed by atoms with van der Waals surface area (Å²) < 4.78 is 34.1. The van der Waals surface area contributed by atoms with E-state index in [0.717, 1.165) is 32.3 Å². The van der Waals surface area contributed by atoms with Crippen molar-refractivity contribution in [2.75, 3.05) is 6.61 Å². The average molecular weight is 286 g/mol. The maximum absolute atomic E-state index is 12.1. The molecule has 0 aromatic heterocycles. The van der Waals surface area contributed by atoms with Crippen molar-refractivity contribution in [2.45, 2.75) is 50.9 Å². The zero-order valence-electron chi connectivity index (χ0n) is 11.3. The second-order valence-electron chi connectivity index (χ2n) is 5.03. The molecule has 0 saturated carbocycles. The Balaban J connectivity index is 1.80. The summed E-state index contributed by atoms with van der Waals surface area (Å²) in [4.78, 5) is 0. The third-order valence-corrected chi connectivity index (χ3v) is 3.50. The highest BCUT2D eigenvalue weighted by molar-refractivity contribution is 5.29. The summed E-state index contributed by atoms with van der Waals surface area (Å²) in [7, 11) is 0. The lowest BCUT2D eigenvalue weighted by Gasteiger charge is -2.14. The molecule has 0 spiro atoms. The fourth-order valence-electron chi connectivity index (χ4n) is 2.48. The number of hydrogen-bond acceptors (Lipinski definition) is 3. The van der Waals surface area contributed by atoms with Gasteiger partial charge < -0.3 is 14.6 Å². The van der Waals surface area contributed by atoms with Crippen molar-refractivity contribution in [1.29, 1.82) is 0 Å². The first-order valence-corrected chi connectivity index (χ1v) is 6.99. The number of ether oxygens (including phenoxy) is 2. The molecule has 1 heterocycles. The minimum atomic E-state index is -2.85. The lowest BCUT2D eigenvalue weighted by Crippen LogP contribution is -2.06. The summed E-state index contributed by atoms with van der Waals surface area (Å²) in [5, 5.41) is 10.1. The molecule has 1 aromatic rings. The van der Waals surface area contributed by atoms with E-state index in [0.29, 0.717) is 18.1 Å². The molecule has 3 nitrogen and oxygen atoms in total. The Morgan fingerprint density at radius 3 is 2.95 bits per heavy atom. The van der Waals surface area contributed by atoms with E-state index >= 15 is 0 Å². The lowest BCUT2D eigenvalue weighted by atomic mass is 10.0. The van der Waals surface area contributed by atoms with Gasteiger partial charge in [0.25, 0.3) is 0 Å². The Bertz CT molecular complexity index is 406. The van der Waals surface area contributed by atoms with Crippen LogP contribution in [0.25, 0.3) is 0 Å². The predicted octanol–water partition coefficient (Wildman–Crippen LogP) is 3.67. The number of alkyl halides is 2. The summed E-state index contributed by atoms with van der Waals surface area (Å²) >= 11 is 0. The zero-order chi connectivity index (χ0) is 14.4. The fourth-order valence-corrected chi connectivity index (χ4v) is 2.48. The Labute approximate surface area is 117 Å². The Morgan fingerprint density at radius 1 is 1.40 bits per heavy atom. The SMILES string of the molecule is OC(CCCC1CCCO1)c1cccc(OC(F)F)c1. The summed E-state index contributed by atoms with van der Waals surface area (Å²) in [6, 6.07) is 6.24. The average Bonchev–Trinajstić information content (AvgIpc) is 2.91. The van der Waals surface area contributed by atoms with Crippen molar-refractivity contribution in [3.63, 3.8) is 0 Å². The summed E-state index contributed by atoms with van der Waals surface area (Å²) in [5.74, 6) is 0.0793. The van der Waals surface area contributed by atoms with E-state index in [2.05, 4.69) is 4.74 Å². The molecule has 0 amide bonds. The van der Waals surface area contributed by atoms with E-state index in [1.54, 1.807) is 12.1 Å². The standard InChI is InChI=1S/C15H20F2O3/c16-15(17)20-13-6-1-4-11(10-13)14(18)8-2-5-12-7-3-9-19-12/h1,4,6,10,12,14-15,18H,2-3,5,7-9H2. The monoisotopic (exact) mass is 286 g/mol. The van der Waals surface area contributed by atoms with E-state index < -0.39 is 12.7 Å². The molecule has 1 fully saturated rings. The first kappa shape index (κ1) is 15.2. The van der Waals surface area contributed by atoms with Crippen molar-refractivity contribution in [1.82, 2.24) is 0 Å². The summed E-state index contributed by atoms with van der Waals surface area (Å²) in [6.07, 6.45) is 4.25. The number of rotatable bonds is 7. The van der Waals surface area contributed by atoms with E-state index in [1.807, 2.05) is 0 Å². The Morgan fingerprint density at radius 2 is 2.25 bits per heavy atom. The van der Waals surface area contributed by atoms with Crippen LogP contribution in [-0.4, -0.2) is 24.4 Å². The van der Waals surface area contributed by atoms with Gasteiger partial charge >= 0.3 is 6.61 Å². The van der Waals surface area contributed by atoms with Crippen LogP contribution in [0.2, 0.25) is 0 Å². The molecule has 1 aromatic carbocycles. The number of benzene rings is 1. The van der Waals surface area contributed by atoms with Gasteiger partial charge in [0.1, 0.15) is 5.75 Å². The second-order valence-corrected chi connectivity index (χ2v) is 5.03. The van der Waals surface area contributed by atoms with Crippen LogP contribution in [0.5, 0.6) is 5.75 Å². The van der Waals surface area contributed by atoms with E-state index in [-0.39, 0.29) is 5.75 Å². The molecule has 1 aliphatic heterocycles. The molecule has 1 saturated heterocycles. The zero-order valence-corrected chi connectivity index (χ0v) is 11.3. The van der Waals surface area contributed by atoms with Crippen LogP contribution in [0.1, 0.15) is 43.8 Å². The predicted molar refractivity (Wildman–Crippen MR) is 70.9 cm³/mol. The first-order valence-electron chi connectivity index (χ1n) is 6.99. The van der Waals surface area contributed by atoms with Crippen LogP contribution >= 0.6 is 0 Å². The van der Waals surface area contributed by atoms with Crippen LogP contribution < -0.4 is 4.74 Å². The Kier molecular flexibility index (Phi) is 5.73. The molecular weight excluding hydrogens is 266 g/mol. The lowest BCUT2D eigenvalue weighted by molar-refractivity contribution is -0.0500. The van der Waals surface area contributed by atoms with E-state index in [1.165, 1.54) is 12.1 Å². The molecule has 2 rings (SSSR count). The van der Waals surface area contributed by atoms with Crippen molar-refractivity contribution >= 4 is 0 Å². The van der Waals surface area contributed by atoms with Gasteiger partial charge in [-0.3, -0.25) is 0 Å². The van der Waals surface area contributed by atoms with Gasteiger partial charge in [-0.25, -0.2) is 0 Å². The molecule has 20 heavy (non-hydrogen) atoms. The van der Waals surface area contributed by atoms with Crippen molar-refractivity contribution < 1.29 is 23.4 Å². The summed E-state index contributed by atoms with van der Waals surface area (Å²) in [5.41, 5.74) is 0.607. The molecule has 2 unspecified atom stereocenters. The van der Waals surface area contributed by atoms with Crippen LogP contribution in [0.15, 0.2) is 24.3 Å². The van der Waals surface area contributed by atoms with Crippen LogP contribution in [-0.2, 0) is 4.74 Å². The fraction of sp³-hybridized carbons (Fsp3) is 0.600. The summed E-state index contributed by atoms with van der Waals surface area (Å²) in [6.45, 7) is -2.01. The molecule has 5 heteroatoms. The normalized spacial score (nSPS) is 20.3. The second kappa shape index (κ2) is 7.55. The smallest absolute Gasteiger partial charge is 0.387 e. The van der Waals surface area contributed by atoms with Gasteiger partial charge in [0.05, 0.1) is 12.2 Å². The minimum Gasteiger partial charge on any atom is -0.435 e. The number of aliphatic hydroxyl groups excluding tert-OH is 1. The maximum Gasteiger partial charge on any atom is 0.387 e. The van der Waals surface area contributed by atoms with Crippen LogP contribution in [0.4, 0.5) is 8.78 Å².